The predicted molar refractivity (Wildman–Crippen MR) is 115 cm³/mol. The first kappa shape index (κ1) is 20.6. The highest BCUT2D eigenvalue weighted by atomic mass is 16.6. The van der Waals surface area contributed by atoms with Gasteiger partial charge >= 0.3 is 6.09 Å². The minimum absolute atomic E-state index is 0.0818. The van der Waals surface area contributed by atoms with E-state index in [0.717, 1.165) is 36.9 Å². The largest absolute Gasteiger partial charge is 0.447 e. The number of imide groups is 1. The highest BCUT2D eigenvalue weighted by Crippen LogP contribution is 2.39. The molecule has 2 amide bonds. The number of cyclic esters (lactones) is 1. The Morgan fingerprint density at radius 2 is 1.90 bits per heavy atom. The fourth-order valence-corrected chi connectivity index (χ4v) is 4.96. The summed E-state index contributed by atoms with van der Waals surface area (Å²) in [5, 5.41) is 0. The van der Waals surface area contributed by atoms with E-state index in [2.05, 4.69) is 17.1 Å². The molecule has 5 nitrogen and oxygen atoms in total. The van der Waals surface area contributed by atoms with Crippen molar-refractivity contribution in [2.24, 2.45) is 11.8 Å². The van der Waals surface area contributed by atoms with Crippen molar-refractivity contribution in [3.8, 4) is 0 Å². The lowest BCUT2D eigenvalue weighted by molar-refractivity contribution is -0.135. The smallest absolute Gasteiger partial charge is 0.416 e. The molecule has 1 aliphatic heterocycles. The maximum absolute atomic E-state index is 13.3. The minimum Gasteiger partial charge on any atom is -0.447 e. The zero-order valence-corrected chi connectivity index (χ0v) is 17.8. The number of aryl methyl sites for hydroxylation is 1. The van der Waals surface area contributed by atoms with E-state index in [1.165, 1.54) is 10.5 Å². The molecule has 2 atom stereocenters. The molecule has 1 saturated heterocycles. The molecular formula is C25H30N2O3. The van der Waals surface area contributed by atoms with E-state index in [1.54, 1.807) is 0 Å². The third kappa shape index (κ3) is 4.40. The molecule has 158 valence electrons. The van der Waals surface area contributed by atoms with Gasteiger partial charge in [-0.05, 0) is 74.1 Å². The van der Waals surface area contributed by atoms with Crippen molar-refractivity contribution < 1.29 is 14.3 Å². The Labute approximate surface area is 178 Å². The first-order valence-electron chi connectivity index (χ1n) is 11.0. The molecule has 0 unspecified atom stereocenters. The molecule has 0 spiro atoms. The molecule has 0 N–H and O–H groups in total. The average molecular weight is 407 g/mol. The van der Waals surface area contributed by atoms with Gasteiger partial charge in [0.25, 0.3) is 0 Å². The van der Waals surface area contributed by atoms with E-state index in [1.807, 2.05) is 50.4 Å². The van der Waals surface area contributed by atoms with Crippen molar-refractivity contribution in [1.29, 1.82) is 0 Å². The van der Waals surface area contributed by atoms with Gasteiger partial charge in [0.1, 0.15) is 6.61 Å². The topological polar surface area (TPSA) is 59.5 Å². The van der Waals surface area contributed by atoms with Crippen molar-refractivity contribution in [1.82, 2.24) is 9.88 Å². The number of hydrogen-bond donors (Lipinski definition) is 0. The monoisotopic (exact) mass is 406 g/mol. The summed E-state index contributed by atoms with van der Waals surface area (Å²) in [5.41, 5.74) is 3.51. The fraction of sp³-hybridized carbons (Fsp3) is 0.480. The normalized spacial score (nSPS) is 25.1. The average Bonchev–Trinajstić information content (AvgIpc) is 3.13. The SMILES string of the molecule is Cc1cc([C@H]2CC[C@@H]([C@@H](C)C(=O)N3C(=O)OC[C@H]3Cc3ccccc3)CC2)ccn1. The Bertz CT molecular complexity index is 890. The number of pyridine rings is 1. The van der Waals surface area contributed by atoms with Gasteiger partial charge in [-0.1, -0.05) is 37.3 Å². The Balaban J connectivity index is 1.38. The molecule has 2 aromatic rings. The van der Waals surface area contributed by atoms with E-state index in [9.17, 15) is 9.59 Å². The lowest BCUT2D eigenvalue weighted by atomic mass is 9.74. The number of carbonyl (C=O) groups is 2. The van der Waals surface area contributed by atoms with Gasteiger partial charge in [-0.25, -0.2) is 9.69 Å². The quantitative estimate of drug-likeness (QED) is 0.709. The van der Waals surface area contributed by atoms with Crippen LogP contribution in [0.15, 0.2) is 48.7 Å². The number of benzene rings is 1. The third-order valence-corrected chi connectivity index (χ3v) is 6.77. The van der Waals surface area contributed by atoms with E-state index in [4.69, 9.17) is 4.74 Å². The fourth-order valence-electron chi connectivity index (χ4n) is 4.96. The molecule has 2 aliphatic rings. The van der Waals surface area contributed by atoms with Crippen LogP contribution in [-0.4, -0.2) is 34.5 Å². The van der Waals surface area contributed by atoms with E-state index >= 15 is 0 Å². The Hall–Kier alpha value is -2.69. The molecule has 1 saturated carbocycles. The van der Waals surface area contributed by atoms with Gasteiger partial charge in [0, 0.05) is 17.8 Å². The highest BCUT2D eigenvalue weighted by Gasteiger charge is 2.42. The van der Waals surface area contributed by atoms with Gasteiger partial charge in [-0.3, -0.25) is 9.78 Å². The second kappa shape index (κ2) is 8.99. The van der Waals surface area contributed by atoms with Crippen molar-refractivity contribution in [3.05, 3.63) is 65.5 Å². The molecule has 1 aromatic heterocycles. The summed E-state index contributed by atoms with van der Waals surface area (Å²) in [5.74, 6) is 0.589. The lowest BCUT2D eigenvalue weighted by Crippen LogP contribution is -2.45. The number of amides is 2. The second-order valence-corrected chi connectivity index (χ2v) is 8.76. The zero-order chi connectivity index (χ0) is 21.1. The summed E-state index contributed by atoms with van der Waals surface area (Å²) in [7, 11) is 0. The second-order valence-electron chi connectivity index (χ2n) is 8.76. The van der Waals surface area contributed by atoms with Crippen molar-refractivity contribution in [2.75, 3.05) is 6.61 Å². The Kier molecular flexibility index (Phi) is 6.16. The molecule has 2 heterocycles. The molecule has 0 radical (unpaired) electrons. The Morgan fingerprint density at radius 3 is 2.60 bits per heavy atom. The number of aromatic nitrogens is 1. The van der Waals surface area contributed by atoms with Crippen LogP contribution < -0.4 is 0 Å². The van der Waals surface area contributed by atoms with Crippen LogP contribution in [0.25, 0.3) is 0 Å². The maximum Gasteiger partial charge on any atom is 0.416 e. The van der Waals surface area contributed by atoms with Gasteiger partial charge in [0.05, 0.1) is 6.04 Å². The molecule has 2 fully saturated rings. The van der Waals surface area contributed by atoms with Crippen LogP contribution in [0.2, 0.25) is 0 Å². The molecular weight excluding hydrogens is 376 g/mol. The summed E-state index contributed by atoms with van der Waals surface area (Å²) >= 11 is 0. The van der Waals surface area contributed by atoms with Crippen molar-refractivity contribution in [2.45, 2.75) is 57.9 Å². The van der Waals surface area contributed by atoms with Gasteiger partial charge in [-0.2, -0.15) is 0 Å². The summed E-state index contributed by atoms with van der Waals surface area (Å²) in [6, 6.07) is 14.0. The number of nitrogens with zero attached hydrogens (tertiary/aromatic N) is 2. The molecule has 5 heteroatoms. The minimum atomic E-state index is -0.492. The molecule has 0 bridgehead atoms. The van der Waals surface area contributed by atoms with Gasteiger partial charge in [-0.15, -0.1) is 0 Å². The van der Waals surface area contributed by atoms with Crippen LogP contribution in [0.4, 0.5) is 4.79 Å². The van der Waals surface area contributed by atoms with Crippen molar-refractivity contribution in [3.63, 3.8) is 0 Å². The van der Waals surface area contributed by atoms with Crippen molar-refractivity contribution >= 4 is 12.0 Å². The number of carbonyl (C=O) groups excluding carboxylic acids is 2. The van der Waals surface area contributed by atoms with E-state index in [0.29, 0.717) is 18.3 Å². The summed E-state index contributed by atoms with van der Waals surface area (Å²) in [4.78, 5) is 31.3. The highest BCUT2D eigenvalue weighted by molar-refractivity contribution is 5.94. The summed E-state index contributed by atoms with van der Waals surface area (Å²) < 4.78 is 5.26. The third-order valence-electron chi connectivity index (χ3n) is 6.77. The van der Waals surface area contributed by atoms with Crippen LogP contribution in [0.3, 0.4) is 0 Å². The molecule has 4 rings (SSSR count). The molecule has 30 heavy (non-hydrogen) atoms. The van der Waals surface area contributed by atoms with Gasteiger partial charge < -0.3 is 4.74 Å². The van der Waals surface area contributed by atoms with Gasteiger partial charge in [0.2, 0.25) is 5.91 Å². The van der Waals surface area contributed by atoms with Crippen LogP contribution in [0.5, 0.6) is 0 Å². The van der Waals surface area contributed by atoms with Crippen LogP contribution in [-0.2, 0) is 16.0 Å². The Morgan fingerprint density at radius 1 is 1.17 bits per heavy atom. The standard InChI is InChI=1S/C25H30N2O3/c1-17-14-22(12-13-26-17)21-10-8-20(9-11-21)18(2)24(28)27-23(16-30-25(27)29)15-19-6-4-3-5-7-19/h3-7,12-14,18,20-21,23H,8-11,15-16H2,1-2H3/t18-,20-,21+,23-/m1/s1. The number of ether oxygens (including phenoxy) is 1. The van der Waals surface area contributed by atoms with Crippen LogP contribution >= 0.6 is 0 Å². The van der Waals surface area contributed by atoms with E-state index in [-0.39, 0.29) is 24.5 Å². The van der Waals surface area contributed by atoms with Crippen LogP contribution in [0.1, 0.15) is 55.3 Å². The number of hydrogen-bond acceptors (Lipinski definition) is 4. The molecule has 1 aromatic carbocycles. The number of rotatable bonds is 5. The van der Waals surface area contributed by atoms with Crippen LogP contribution in [0, 0.1) is 18.8 Å². The first-order chi connectivity index (χ1) is 14.5. The molecule has 1 aliphatic carbocycles. The summed E-state index contributed by atoms with van der Waals surface area (Å²) in [6.45, 7) is 4.28. The predicted octanol–water partition coefficient (Wildman–Crippen LogP) is 4.89. The summed E-state index contributed by atoms with van der Waals surface area (Å²) in [6.07, 6.45) is 6.19. The van der Waals surface area contributed by atoms with Gasteiger partial charge in [0.15, 0.2) is 0 Å². The lowest BCUT2D eigenvalue weighted by Gasteiger charge is -2.33. The maximum atomic E-state index is 13.3. The van der Waals surface area contributed by atoms with E-state index < -0.39 is 6.09 Å². The zero-order valence-electron chi connectivity index (χ0n) is 17.8. The first-order valence-corrected chi connectivity index (χ1v) is 11.0.